The summed E-state index contributed by atoms with van der Waals surface area (Å²) in [5.41, 5.74) is 0. The average molecular weight is 267 g/mol. The molecule has 0 amide bonds. The molecule has 2 heterocycles. The van der Waals surface area contributed by atoms with E-state index in [1.807, 2.05) is 0 Å². The lowest BCUT2D eigenvalue weighted by Crippen LogP contribution is -2.37. The van der Waals surface area contributed by atoms with E-state index in [0.717, 1.165) is 36.2 Å². The number of anilines is 1. The highest BCUT2D eigenvalue weighted by molar-refractivity contribution is 7.17. The van der Waals surface area contributed by atoms with Crippen molar-refractivity contribution in [1.82, 2.24) is 9.88 Å². The first-order valence-electron chi connectivity index (χ1n) is 6.61. The highest BCUT2D eigenvalue weighted by Crippen LogP contribution is 2.27. The van der Waals surface area contributed by atoms with E-state index in [1.54, 1.807) is 13.1 Å². The maximum atomic E-state index is 11.3. The van der Waals surface area contributed by atoms with Crippen LogP contribution in [0.1, 0.15) is 36.9 Å². The SMILES string of the molecule is CCN(CC)C1CCN(c2ncc(C(C)=O)s2)C1. The van der Waals surface area contributed by atoms with Crippen molar-refractivity contribution < 1.29 is 4.79 Å². The summed E-state index contributed by atoms with van der Waals surface area (Å²) in [5, 5.41) is 0.995. The van der Waals surface area contributed by atoms with Crippen LogP contribution in [-0.4, -0.2) is 47.9 Å². The fourth-order valence-corrected chi connectivity index (χ4v) is 3.37. The molecule has 1 aromatic rings. The molecule has 1 aromatic heterocycles. The molecule has 0 saturated carbocycles. The van der Waals surface area contributed by atoms with E-state index in [0.29, 0.717) is 6.04 Å². The number of ketones is 1. The van der Waals surface area contributed by atoms with Crippen LogP contribution in [0.5, 0.6) is 0 Å². The first-order chi connectivity index (χ1) is 8.65. The van der Waals surface area contributed by atoms with Gasteiger partial charge in [-0.05, 0) is 19.5 Å². The molecule has 0 bridgehead atoms. The quantitative estimate of drug-likeness (QED) is 0.767. The lowest BCUT2D eigenvalue weighted by atomic mass is 10.2. The Morgan fingerprint density at radius 3 is 2.83 bits per heavy atom. The third-order valence-corrected chi connectivity index (χ3v) is 4.76. The molecule has 100 valence electrons. The molecule has 0 radical (unpaired) electrons. The van der Waals surface area contributed by atoms with Crippen molar-refractivity contribution in [3.63, 3.8) is 0 Å². The first kappa shape index (κ1) is 13.5. The zero-order valence-corrected chi connectivity index (χ0v) is 12.2. The number of hydrogen-bond donors (Lipinski definition) is 0. The van der Waals surface area contributed by atoms with Crippen LogP contribution in [0.2, 0.25) is 0 Å². The van der Waals surface area contributed by atoms with Gasteiger partial charge in [-0.15, -0.1) is 0 Å². The molecule has 1 fully saturated rings. The van der Waals surface area contributed by atoms with Gasteiger partial charge in [0.2, 0.25) is 0 Å². The van der Waals surface area contributed by atoms with Crippen LogP contribution in [0.25, 0.3) is 0 Å². The van der Waals surface area contributed by atoms with Gasteiger partial charge in [-0.2, -0.15) is 0 Å². The minimum atomic E-state index is 0.109. The fourth-order valence-electron chi connectivity index (χ4n) is 2.53. The Morgan fingerprint density at radius 2 is 2.28 bits per heavy atom. The van der Waals surface area contributed by atoms with Crippen LogP contribution >= 0.6 is 11.3 Å². The number of carbonyl (C=O) groups excluding carboxylic acids is 1. The summed E-state index contributed by atoms with van der Waals surface area (Å²) in [7, 11) is 0. The molecular formula is C13H21N3OS. The molecule has 0 aliphatic carbocycles. The summed E-state index contributed by atoms with van der Waals surface area (Å²) in [6, 6.07) is 0.629. The van der Waals surface area contributed by atoms with Crippen molar-refractivity contribution in [2.45, 2.75) is 33.2 Å². The summed E-state index contributed by atoms with van der Waals surface area (Å²) >= 11 is 1.51. The number of hydrogen-bond acceptors (Lipinski definition) is 5. The van der Waals surface area contributed by atoms with Gasteiger partial charge in [0.05, 0.1) is 11.1 Å². The zero-order valence-electron chi connectivity index (χ0n) is 11.3. The summed E-state index contributed by atoms with van der Waals surface area (Å²) in [6.07, 6.45) is 2.89. The van der Waals surface area contributed by atoms with Crippen molar-refractivity contribution >= 4 is 22.3 Å². The standard InChI is InChI=1S/C13H21N3OS/c1-4-15(5-2)11-6-7-16(9-11)13-14-8-12(18-13)10(3)17/h8,11H,4-7,9H2,1-3H3. The molecule has 5 heteroatoms. The van der Waals surface area contributed by atoms with Gasteiger partial charge in [0.25, 0.3) is 0 Å². The van der Waals surface area contributed by atoms with E-state index in [-0.39, 0.29) is 5.78 Å². The minimum Gasteiger partial charge on any atom is -0.346 e. The van der Waals surface area contributed by atoms with Crippen LogP contribution in [0.15, 0.2) is 6.20 Å². The number of aromatic nitrogens is 1. The molecule has 1 unspecified atom stereocenters. The minimum absolute atomic E-state index is 0.109. The van der Waals surface area contributed by atoms with Crippen molar-refractivity contribution in [3.05, 3.63) is 11.1 Å². The Bertz CT molecular complexity index is 414. The summed E-state index contributed by atoms with van der Waals surface area (Å²) in [5.74, 6) is 0.109. The van der Waals surface area contributed by atoms with Crippen molar-refractivity contribution in [2.75, 3.05) is 31.1 Å². The lowest BCUT2D eigenvalue weighted by Gasteiger charge is -2.25. The molecule has 0 spiro atoms. The highest BCUT2D eigenvalue weighted by atomic mass is 32.1. The Balaban J connectivity index is 2.01. The topological polar surface area (TPSA) is 36.4 Å². The summed E-state index contributed by atoms with van der Waals surface area (Å²) in [6.45, 7) is 10.3. The predicted octanol–water partition coefficient (Wildman–Crippen LogP) is 2.27. The molecule has 1 atom stereocenters. The highest BCUT2D eigenvalue weighted by Gasteiger charge is 2.27. The second kappa shape index (κ2) is 5.80. The van der Waals surface area contributed by atoms with Crippen molar-refractivity contribution in [1.29, 1.82) is 0 Å². The normalized spacial score (nSPS) is 19.8. The number of carbonyl (C=O) groups is 1. The van der Waals surface area contributed by atoms with Crippen LogP contribution in [0.3, 0.4) is 0 Å². The van der Waals surface area contributed by atoms with E-state index in [9.17, 15) is 4.79 Å². The number of likely N-dealkylation sites (N-methyl/N-ethyl adjacent to an activating group) is 1. The summed E-state index contributed by atoms with van der Waals surface area (Å²) < 4.78 is 0. The van der Waals surface area contributed by atoms with Crippen LogP contribution in [0.4, 0.5) is 5.13 Å². The van der Waals surface area contributed by atoms with Gasteiger partial charge in [0, 0.05) is 26.1 Å². The van der Waals surface area contributed by atoms with E-state index in [4.69, 9.17) is 0 Å². The number of Topliss-reactive ketones (excluding diaryl/α,β-unsaturated/α-hetero) is 1. The molecule has 18 heavy (non-hydrogen) atoms. The smallest absolute Gasteiger partial charge is 0.185 e. The predicted molar refractivity (Wildman–Crippen MR) is 75.7 cm³/mol. The molecule has 1 aliphatic rings. The Hall–Kier alpha value is -0.940. The second-order valence-corrected chi connectivity index (χ2v) is 5.68. The van der Waals surface area contributed by atoms with E-state index < -0.39 is 0 Å². The Kier molecular flexibility index (Phi) is 4.35. The molecule has 0 aromatic carbocycles. The fraction of sp³-hybridized carbons (Fsp3) is 0.692. The molecule has 4 nitrogen and oxygen atoms in total. The molecular weight excluding hydrogens is 246 g/mol. The average Bonchev–Trinajstić information content (AvgIpc) is 2.98. The van der Waals surface area contributed by atoms with Crippen molar-refractivity contribution in [2.24, 2.45) is 0 Å². The van der Waals surface area contributed by atoms with Crippen molar-refractivity contribution in [3.8, 4) is 0 Å². The number of nitrogens with zero attached hydrogens (tertiary/aromatic N) is 3. The van der Waals surface area contributed by atoms with E-state index >= 15 is 0 Å². The Labute approximate surface area is 113 Å². The number of thiazole rings is 1. The van der Waals surface area contributed by atoms with Gasteiger partial charge in [-0.25, -0.2) is 4.98 Å². The zero-order chi connectivity index (χ0) is 13.1. The molecule has 2 rings (SSSR count). The van der Waals surface area contributed by atoms with Gasteiger partial charge in [0.1, 0.15) is 0 Å². The summed E-state index contributed by atoms with van der Waals surface area (Å²) in [4.78, 5) is 21.2. The van der Waals surface area contributed by atoms with Gasteiger partial charge < -0.3 is 4.90 Å². The third-order valence-electron chi connectivity index (χ3n) is 3.60. The molecule has 1 saturated heterocycles. The second-order valence-electron chi connectivity index (χ2n) is 4.67. The monoisotopic (exact) mass is 267 g/mol. The lowest BCUT2D eigenvalue weighted by molar-refractivity contribution is 0.102. The van der Waals surface area contributed by atoms with E-state index in [2.05, 4.69) is 28.6 Å². The number of rotatable bonds is 5. The first-order valence-corrected chi connectivity index (χ1v) is 7.43. The van der Waals surface area contributed by atoms with Crippen LogP contribution in [0, 0.1) is 0 Å². The van der Waals surface area contributed by atoms with Crippen LogP contribution in [-0.2, 0) is 0 Å². The third kappa shape index (κ3) is 2.72. The van der Waals surface area contributed by atoms with E-state index in [1.165, 1.54) is 17.8 Å². The molecule has 1 aliphatic heterocycles. The van der Waals surface area contributed by atoms with Gasteiger partial charge in [-0.3, -0.25) is 9.69 Å². The van der Waals surface area contributed by atoms with Crippen LogP contribution < -0.4 is 4.90 Å². The maximum absolute atomic E-state index is 11.3. The van der Waals surface area contributed by atoms with Gasteiger partial charge in [-0.1, -0.05) is 25.2 Å². The maximum Gasteiger partial charge on any atom is 0.185 e. The molecule has 0 N–H and O–H groups in total. The van der Waals surface area contributed by atoms with Gasteiger partial charge >= 0.3 is 0 Å². The van der Waals surface area contributed by atoms with Gasteiger partial charge in [0.15, 0.2) is 10.9 Å². The Morgan fingerprint density at radius 1 is 1.56 bits per heavy atom. The largest absolute Gasteiger partial charge is 0.346 e.